The largest absolute Gasteiger partial charge is 0.370 e. The molecule has 2 atom stereocenters. The average molecular weight is 371 g/mol. The minimum atomic E-state index is 0.0473. The highest BCUT2D eigenvalue weighted by molar-refractivity contribution is 5.89. The van der Waals surface area contributed by atoms with Crippen molar-refractivity contribution in [2.75, 3.05) is 42.9 Å². The van der Waals surface area contributed by atoms with E-state index >= 15 is 0 Å². The van der Waals surface area contributed by atoms with Gasteiger partial charge in [-0.1, -0.05) is 0 Å². The Kier molecular flexibility index (Phi) is 5.58. The number of piperidine rings is 1. The monoisotopic (exact) mass is 370 g/mol. The highest BCUT2D eigenvalue weighted by atomic mass is 16.2. The van der Waals surface area contributed by atoms with Crippen LogP contribution in [-0.4, -0.2) is 60.6 Å². The molecule has 148 valence electrons. The highest BCUT2D eigenvalue weighted by Crippen LogP contribution is 2.31. The molecule has 1 N–H and O–H groups in total. The third-order valence-corrected chi connectivity index (χ3v) is 6.67. The number of nitrogens with zero attached hydrogens (tertiary/aromatic N) is 3. The standard InChI is InChI=1S/C22H34N4O/c1-17-15-19(23-22(27)24-11-4-3-5-12-24)8-9-21(17)25-14-10-20(16-25)26-13-6-7-18(26)2/h8-9,15,18,20H,3-7,10-14,16H2,1-2H3,(H,23,27). The second-order valence-electron chi connectivity index (χ2n) is 8.60. The van der Waals surface area contributed by atoms with Crippen LogP contribution in [0.2, 0.25) is 0 Å². The van der Waals surface area contributed by atoms with Gasteiger partial charge in [0.15, 0.2) is 0 Å². The minimum Gasteiger partial charge on any atom is -0.370 e. The summed E-state index contributed by atoms with van der Waals surface area (Å²) in [4.78, 5) is 19.6. The highest BCUT2D eigenvalue weighted by Gasteiger charge is 2.33. The summed E-state index contributed by atoms with van der Waals surface area (Å²) in [6.07, 6.45) is 7.44. The third kappa shape index (κ3) is 4.08. The Bertz CT molecular complexity index is 670. The molecule has 5 heteroatoms. The first-order valence-corrected chi connectivity index (χ1v) is 10.8. The van der Waals surface area contributed by atoms with Crippen molar-refractivity contribution in [3.63, 3.8) is 0 Å². The molecule has 27 heavy (non-hydrogen) atoms. The zero-order valence-electron chi connectivity index (χ0n) is 16.9. The molecule has 2 unspecified atom stereocenters. The summed E-state index contributed by atoms with van der Waals surface area (Å²) < 4.78 is 0. The van der Waals surface area contributed by atoms with Crippen LogP contribution in [0.1, 0.15) is 51.0 Å². The van der Waals surface area contributed by atoms with Gasteiger partial charge in [-0.3, -0.25) is 4.90 Å². The molecule has 0 saturated carbocycles. The molecule has 0 radical (unpaired) electrons. The van der Waals surface area contributed by atoms with Gasteiger partial charge in [-0.15, -0.1) is 0 Å². The van der Waals surface area contributed by atoms with Crippen LogP contribution in [-0.2, 0) is 0 Å². The van der Waals surface area contributed by atoms with Crippen LogP contribution in [0.25, 0.3) is 0 Å². The lowest BCUT2D eigenvalue weighted by Gasteiger charge is -2.29. The average Bonchev–Trinajstić information content (AvgIpc) is 3.31. The van der Waals surface area contributed by atoms with Gasteiger partial charge in [0, 0.05) is 49.6 Å². The zero-order valence-corrected chi connectivity index (χ0v) is 16.9. The maximum atomic E-state index is 12.4. The summed E-state index contributed by atoms with van der Waals surface area (Å²) in [6, 6.07) is 7.87. The summed E-state index contributed by atoms with van der Waals surface area (Å²) in [5.41, 5.74) is 3.48. The summed E-state index contributed by atoms with van der Waals surface area (Å²) in [6.45, 7) is 9.83. The van der Waals surface area contributed by atoms with Crippen LogP contribution in [0, 0.1) is 6.92 Å². The Labute approximate surface area is 163 Å². The fourth-order valence-electron chi connectivity index (χ4n) is 5.12. The second-order valence-corrected chi connectivity index (χ2v) is 8.60. The molecule has 4 rings (SSSR count). The lowest BCUT2D eigenvalue weighted by Crippen LogP contribution is -2.39. The number of amides is 2. The maximum Gasteiger partial charge on any atom is 0.321 e. The van der Waals surface area contributed by atoms with Crippen molar-refractivity contribution in [2.45, 2.75) is 64.5 Å². The van der Waals surface area contributed by atoms with E-state index in [4.69, 9.17) is 0 Å². The van der Waals surface area contributed by atoms with Gasteiger partial charge in [-0.25, -0.2) is 4.79 Å². The quantitative estimate of drug-likeness (QED) is 0.871. The van der Waals surface area contributed by atoms with Gasteiger partial charge in [0.05, 0.1) is 0 Å². The van der Waals surface area contributed by atoms with E-state index < -0.39 is 0 Å². The van der Waals surface area contributed by atoms with Crippen LogP contribution in [0.5, 0.6) is 0 Å². The van der Waals surface area contributed by atoms with Crippen LogP contribution < -0.4 is 10.2 Å². The number of urea groups is 1. The zero-order chi connectivity index (χ0) is 18.8. The summed E-state index contributed by atoms with van der Waals surface area (Å²) >= 11 is 0. The number of carbonyl (C=O) groups is 1. The van der Waals surface area contributed by atoms with E-state index in [0.29, 0.717) is 6.04 Å². The normalized spacial score (nSPS) is 26.6. The van der Waals surface area contributed by atoms with E-state index in [1.807, 2.05) is 4.90 Å². The smallest absolute Gasteiger partial charge is 0.321 e. The van der Waals surface area contributed by atoms with E-state index in [1.54, 1.807) is 0 Å². The fraction of sp³-hybridized carbons (Fsp3) is 0.682. The Morgan fingerprint density at radius 2 is 1.85 bits per heavy atom. The van der Waals surface area contributed by atoms with Gasteiger partial charge >= 0.3 is 6.03 Å². The number of rotatable bonds is 3. The molecule has 2 amide bonds. The Balaban J connectivity index is 1.38. The summed E-state index contributed by atoms with van der Waals surface area (Å²) in [5, 5.41) is 3.09. The lowest BCUT2D eigenvalue weighted by molar-refractivity contribution is 0.200. The van der Waals surface area contributed by atoms with Crippen molar-refractivity contribution in [3.8, 4) is 0 Å². The van der Waals surface area contributed by atoms with E-state index in [1.165, 1.54) is 43.5 Å². The molecule has 5 nitrogen and oxygen atoms in total. The maximum absolute atomic E-state index is 12.4. The fourth-order valence-corrected chi connectivity index (χ4v) is 5.12. The molecular weight excluding hydrogens is 336 g/mol. The predicted molar refractivity (Wildman–Crippen MR) is 112 cm³/mol. The first kappa shape index (κ1) is 18.6. The van der Waals surface area contributed by atoms with Gasteiger partial charge < -0.3 is 15.1 Å². The number of benzene rings is 1. The Morgan fingerprint density at radius 1 is 1.04 bits per heavy atom. The third-order valence-electron chi connectivity index (χ3n) is 6.67. The minimum absolute atomic E-state index is 0.0473. The lowest BCUT2D eigenvalue weighted by atomic mass is 10.1. The Hall–Kier alpha value is -1.75. The number of likely N-dealkylation sites (tertiary alicyclic amines) is 2. The van der Waals surface area contributed by atoms with E-state index in [0.717, 1.165) is 50.7 Å². The molecule has 0 aliphatic carbocycles. The van der Waals surface area contributed by atoms with E-state index in [-0.39, 0.29) is 6.03 Å². The van der Waals surface area contributed by atoms with Gasteiger partial charge in [-0.05, 0) is 82.7 Å². The SMILES string of the molecule is Cc1cc(NC(=O)N2CCCCC2)ccc1N1CCC(N2CCCC2C)C1. The first-order chi connectivity index (χ1) is 13.1. The number of hydrogen-bond donors (Lipinski definition) is 1. The molecule has 0 aromatic heterocycles. The van der Waals surface area contributed by atoms with Gasteiger partial charge in [-0.2, -0.15) is 0 Å². The first-order valence-electron chi connectivity index (χ1n) is 10.8. The van der Waals surface area contributed by atoms with Crippen LogP contribution in [0.4, 0.5) is 16.2 Å². The molecule has 0 bridgehead atoms. The van der Waals surface area contributed by atoms with Crippen molar-refractivity contribution >= 4 is 17.4 Å². The molecule has 1 aromatic carbocycles. The molecule has 3 saturated heterocycles. The van der Waals surface area contributed by atoms with Crippen molar-refractivity contribution in [3.05, 3.63) is 23.8 Å². The van der Waals surface area contributed by atoms with E-state index in [9.17, 15) is 4.79 Å². The molecular formula is C22H34N4O. The number of aryl methyl sites for hydroxylation is 1. The number of carbonyl (C=O) groups excluding carboxylic acids is 1. The van der Waals surface area contributed by atoms with Gasteiger partial charge in [0.25, 0.3) is 0 Å². The molecule has 1 aromatic rings. The Morgan fingerprint density at radius 3 is 2.56 bits per heavy atom. The van der Waals surface area contributed by atoms with Crippen molar-refractivity contribution in [1.29, 1.82) is 0 Å². The van der Waals surface area contributed by atoms with Crippen molar-refractivity contribution in [2.24, 2.45) is 0 Å². The molecule has 0 spiro atoms. The predicted octanol–water partition coefficient (Wildman–Crippen LogP) is 4.08. The molecule has 3 aliphatic rings. The molecule has 3 heterocycles. The topological polar surface area (TPSA) is 38.8 Å². The van der Waals surface area contributed by atoms with Crippen LogP contribution in [0.15, 0.2) is 18.2 Å². The number of nitrogens with one attached hydrogen (secondary N) is 1. The van der Waals surface area contributed by atoms with Crippen molar-refractivity contribution < 1.29 is 4.79 Å². The van der Waals surface area contributed by atoms with Crippen LogP contribution in [0.3, 0.4) is 0 Å². The van der Waals surface area contributed by atoms with Gasteiger partial charge in [0.2, 0.25) is 0 Å². The summed E-state index contributed by atoms with van der Waals surface area (Å²) in [5.74, 6) is 0. The number of hydrogen-bond acceptors (Lipinski definition) is 3. The molecule has 3 fully saturated rings. The number of anilines is 2. The summed E-state index contributed by atoms with van der Waals surface area (Å²) in [7, 11) is 0. The van der Waals surface area contributed by atoms with E-state index in [2.05, 4.69) is 47.2 Å². The second kappa shape index (κ2) is 8.09. The van der Waals surface area contributed by atoms with Crippen LogP contribution >= 0.6 is 0 Å². The van der Waals surface area contributed by atoms with Crippen molar-refractivity contribution in [1.82, 2.24) is 9.80 Å². The molecule has 3 aliphatic heterocycles. The van der Waals surface area contributed by atoms with Gasteiger partial charge in [0.1, 0.15) is 0 Å².